The molecule has 0 heterocycles. The maximum atomic E-state index is 11.0. The number of halogens is 1. The Morgan fingerprint density at radius 3 is 1.96 bits per heavy atom. The normalized spacial score (nSPS) is 15.0. The van der Waals surface area contributed by atoms with Crippen molar-refractivity contribution in [2.24, 2.45) is 5.92 Å². The van der Waals surface area contributed by atoms with Crippen molar-refractivity contribution < 1.29 is 4.79 Å². The van der Waals surface area contributed by atoms with Crippen molar-refractivity contribution in [3.05, 3.63) is 29.8 Å². The van der Waals surface area contributed by atoms with Crippen LogP contribution < -0.4 is 5.32 Å². The zero-order valence-corrected chi connectivity index (χ0v) is 17.7. The molecule has 1 saturated carbocycles. The predicted molar refractivity (Wildman–Crippen MR) is 118 cm³/mol. The molecule has 3 heteroatoms. The Bertz CT molecular complexity index is 508. The molecule has 0 atom stereocenters. The molecule has 1 N–H and O–H groups in total. The van der Waals surface area contributed by atoms with Crippen LogP contribution in [0.25, 0.3) is 0 Å². The molecule has 0 saturated heterocycles. The molecule has 0 unspecified atom stereocenters. The summed E-state index contributed by atoms with van der Waals surface area (Å²) in [5.74, 6) is 1.06. The van der Waals surface area contributed by atoms with Gasteiger partial charge in [0.15, 0.2) is 0 Å². The highest BCUT2D eigenvalue weighted by Gasteiger charge is 2.12. The lowest BCUT2D eigenvalue weighted by Gasteiger charge is -2.21. The Kier molecular flexibility index (Phi) is 11.6. The van der Waals surface area contributed by atoms with Crippen molar-refractivity contribution in [1.29, 1.82) is 0 Å². The molecule has 1 aliphatic carbocycles. The number of benzene rings is 1. The molecule has 1 aliphatic rings. The van der Waals surface area contributed by atoms with Gasteiger partial charge in [-0.25, -0.2) is 0 Å². The quantitative estimate of drug-likeness (QED) is 0.257. The minimum atomic E-state index is -0.397. The van der Waals surface area contributed by atoms with E-state index >= 15 is 0 Å². The molecule has 0 spiro atoms. The molecular weight excluding hydrogens is 354 g/mol. The van der Waals surface area contributed by atoms with Crippen molar-refractivity contribution in [3.63, 3.8) is 0 Å². The fourth-order valence-electron chi connectivity index (χ4n) is 4.22. The van der Waals surface area contributed by atoms with E-state index in [0.717, 1.165) is 18.2 Å². The second kappa shape index (κ2) is 14.0. The van der Waals surface area contributed by atoms with Gasteiger partial charge in [-0.05, 0) is 48.2 Å². The van der Waals surface area contributed by atoms with Crippen LogP contribution in [0.4, 0.5) is 5.69 Å². The van der Waals surface area contributed by atoms with E-state index in [2.05, 4.69) is 5.32 Å². The third kappa shape index (κ3) is 10.2. The Balaban J connectivity index is 1.34. The number of unbranched alkanes of at least 4 members (excludes halogenated alkanes) is 8. The average molecular weight is 392 g/mol. The molecular formula is C24H38ClNO. The summed E-state index contributed by atoms with van der Waals surface area (Å²) in [7, 11) is 0. The molecule has 1 fully saturated rings. The van der Waals surface area contributed by atoms with Crippen LogP contribution in [0.2, 0.25) is 0 Å². The van der Waals surface area contributed by atoms with Gasteiger partial charge in [0.05, 0.1) is 0 Å². The fourth-order valence-corrected chi connectivity index (χ4v) is 4.35. The molecule has 0 aromatic heterocycles. The van der Waals surface area contributed by atoms with E-state index in [9.17, 15) is 4.79 Å². The Hall–Kier alpha value is -1.02. The maximum absolute atomic E-state index is 11.0. The Labute approximate surface area is 171 Å². The fraction of sp³-hybridized carbons (Fsp3) is 0.708. The first kappa shape index (κ1) is 22.3. The monoisotopic (exact) mass is 391 g/mol. The number of nitrogens with one attached hydrogen (secondary N) is 1. The molecule has 0 bridgehead atoms. The van der Waals surface area contributed by atoms with E-state index < -0.39 is 5.24 Å². The van der Waals surface area contributed by atoms with Crippen LogP contribution in [0.15, 0.2) is 24.3 Å². The summed E-state index contributed by atoms with van der Waals surface area (Å²) in [6.07, 6.45) is 21.4. The number of hydrogen-bond acceptors (Lipinski definition) is 2. The van der Waals surface area contributed by atoms with E-state index in [0.29, 0.717) is 5.56 Å². The highest BCUT2D eigenvalue weighted by molar-refractivity contribution is 6.67. The number of anilines is 1. The van der Waals surface area contributed by atoms with Gasteiger partial charge >= 0.3 is 0 Å². The molecule has 2 nitrogen and oxygen atoms in total. The lowest BCUT2D eigenvalue weighted by molar-refractivity contribution is 0.108. The first-order chi connectivity index (χ1) is 13.3. The van der Waals surface area contributed by atoms with Crippen molar-refractivity contribution in [2.75, 3.05) is 11.9 Å². The largest absolute Gasteiger partial charge is 0.385 e. The van der Waals surface area contributed by atoms with Gasteiger partial charge in [0.2, 0.25) is 0 Å². The lowest BCUT2D eigenvalue weighted by Crippen LogP contribution is -2.05. The topological polar surface area (TPSA) is 29.1 Å². The zero-order chi connectivity index (χ0) is 19.2. The van der Waals surface area contributed by atoms with Crippen LogP contribution in [0, 0.1) is 5.92 Å². The molecule has 0 amide bonds. The highest BCUT2D eigenvalue weighted by Crippen LogP contribution is 2.28. The average Bonchev–Trinajstić information content (AvgIpc) is 2.70. The number of rotatable bonds is 14. The van der Waals surface area contributed by atoms with Crippen molar-refractivity contribution >= 4 is 22.5 Å². The number of carbonyl (C=O) groups is 1. The standard InChI is InChI=1S/C24H38ClNO/c25-24(27)22-16-18-23(19-17-22)26-20-12-7-5-3-1-2-4-6-9-13-21-14-10-8-11-15-21/h16-19,21,26H,1-15,20H2. The Morgan fingerprint density at radius 2 is 1.37 bits per heavy atom. The van der Waals surface area contributed by atoms with E-state index in [1.165, 1.54) is 96.3 Å². The number of hydrogen-bond donors (Lipinski definition) is 1. The first-order valence-electron chi connectivity index (χ1n) is 11.3. The number of carbonyl (C=O) groups excluding carboxylic acids is 1. The Morgan fingerprint density at radius 1 is 0.815 bits per heavy atom. The van der Waals surface area contributed by atoms with Crippen LogP contribution in [-0.4, -0.2) is 11.8 Å². The molecule has 1 aromatic rings. The van der Waals surface area contributed by atoms with Crippen molar-refractivity contribution in [1.82, 2.24) is 0 Å². The summed E-state index contributed by atoms with van der Waals surface area (Å²) < 4.78 is 0. The third-order valence-corrected chi connectivity index (χ3v) is 6.17. The van der Waals surface area contributed by atoms with Gasteiger partial charge in [-0.1, -0.05) is 89.9 Å². The summed E-state index contributed by atoms with van der Waals surface area (Å²) in [6, 6.07) is 7.38. The molecule has 27 heavy (non-hydrogen) atoms. The first-order valence-corrected chi connectivity index (χ1v) is 11.7. The second-order valence-electron chi connectivity index (χ2n) is 8.25. The summed E-state index contributed by atoms with van der Waals surface area (Å²) >= 11 is 5.45. The van der Waals surface area contributed by atoms with Gasteiger partial charge in [0.1, 0.15) is 0 Å². The van der Waals surface area contributed by atoms with E-state index in [4.69, 9.17) is 11.6 Å². The smallest absolute Gasteiger partial charge is 0.252 e. The molecule has 1 aromatic carbocycles. The van der Waals surface area contributed by atoms with E-state index in [1.54, 1.807) is 12.1 Å². The maximum Gasteiger partial charge on any atom is 0.252 e. The third-order valence-electron chi connectivity index (χ3n) is 5.95. The SMILES string of the molecule is O=C(Cl)c1ccc(NCCCCCCCCCCCC2CCCCC2)cc1. The van der Waals surface area contributed by atoms with Crippen LogP contribution in [0.1, 0.15) is 107 Å². The minimum Gasteiger partial charge on any atom is -0.385 e. The van der Waals surface area contributed by atoms with Crippen LogP contribution >= 0.6 is 11.6 Å². The minimum absolute atomic E-state index is 0.397. The van der Waals surface area contributed by atoms with Gasteiger partial charge in [-0.15, -0.1) is 0 Å². The van der Waals surface area contributed by atoms with E-state index in [-0.39, 0.29) is 0 Å². The van der Waals surface area contributed by atoms with Gasteiger partial charge in [0.25, 0.3) is 5.24 Å². The predicted octanol–water partition coefficient (Wildman–Crippen LogP) is 7.96. The lowest BCUT2D eigenvalue weighted by atomic mass is 9.85. The summed E-state index contributed by atoms with van der Waals surface area (Å²) in [5.41, 5.74) is 1.61. The van der Waals surface area contributed by atoms with Crippen molar-refractivity contribution in [2.45, 2.75) is 96.3 Å². The zero-order valence-electron chi connectivity index (χ0n) is 17.0. The molecule has 152 valence electrons. The molecule has 2 rings (SSSR count). The van der Waals surface area contributed by atoms with Gasteiger partial charge in [-0.3, -0.25) is 4.79 Å². The highest BCUT2D eigenvalue weighted by atomic mass is 35.5. The molecule has 0 aliphatic heterocycles. The van der Waals surface area contributed by atoms with Crippen LogP contribution in [-0.2, 0) is 0 Å². The van der Waals surface area contributed by atoms with Crippen LogP contribution in [0.5, 0.6) is 0 Å². The second-order valence-corrected chi connectivity index (χ2v) is 8.60. The van der Waals surface area contributed by atoms with Gasteiger partial charge in [0, 0.05) is 17.8 Å². The molecule has 0 radical (unpaired) electrons. The van der Waals surface area contributed by atoms with Crippen molar-refractivity contribution in [3.8, 4) is 0 Å². The summed E-state index contributed by atoms with van der Waals surface area (Å²) in [6.45, 7) is 0.995. The van der Waals surface area contributed by atoms with Crippen LogP contribution in [0.3, 0.4) is 0 Å². The van der Waals surface area contributed by atoms with Gasteiger partial charge in [-0.2, -0.15) is 0 Å². The van der Waals surface area contributed by atoms with E-state index in [1.807, 2.05) is 12.1 Å². The summed E-state index contributed by atoms with van der Waals surface area (Å²) in [5, 5.41) is 3.01. The van der Waals surface area contributed by atoms with Gasteiger partial charge < -0.3 is 5.32 Å². The summed E-state index contributed by atoms with van der Waals surface area (Å²) in [4.78, 5) is 11.0.